The van der Waals surface area contributed by atoms with E-state index in [-0.39, 0.29) is 18.0 Å². The predicted octanol–water partition coefficient (Wildman–Crippen LogP) is 3.13. The van der Waals surface area contributed by atoms with Gasteiger partial charge in [-0.1, -0.05) is 12.1 Å². The molecule has 0 unspecified atom stereocenters. The lowest BCUT2D eigenvalue weighted by molar-refractivity contribution is 0.0784. The van der Waals surface area contributed by atoms with Crippen molar-refractivity contribution in [1.82, 2.24) is 9.88 Å². The zero-order valence-corrected chi connectivity index (χ0v) is 15.8. The van der Waals surface area contributed by atoms with Crippen LogP contribution in [0.5, 0.6) is 11.5 Å². The number of methoxy groups -OCH3 is 2. The van der Waals surface area contributed by atoms with Gasteiger partial charge in [-0.3, -0.25) is 9.59 Å². The van der Waals surface area contributed by atoms with Crippen LogP contribution in [0.4, 0.5) is 0 Å². The Morgan fingerprint density at radius 3 is 2.33 bits per heavy atom. The zero-order valence-electron chi connectivity index (χ0n) is 15.8. The molecule has 2 aromatic carbocycles. The molecule has 0 aliphatic heterocycles. The van der Waals surface area contributed by atoms with Gasteiger partial charge in [0.2, 0.25) is 0 Å². The summed E-state index contributed by atoms with van der Waals surface area (Å²) in [5, 5.41) is 0.930. The minimum atomic E-state index is -0.226. The Hall–Kier alpha value is -3.28. The fourth-order valence-electron chi connectivity index (χ4n) is 2.96. The lowest BCUT2D eigenvalue weighted by Crippen LogP contribution is -2.29. The highest BCUT2D eigenvalue weighted by Crippen LogP contribution is 2.23. The Morgan fingerprint density at radius 2 is 1.70 bits per heavy atom. The van der Waals surface area contributed by atoms with Gasteiger partial charge in [-0.05, 0) is 42.1 Å². The molecule has 27 heavy (non-hydrogen) atoms. The summed E-state index contributed by atoms with van der Waals surface area (Å²) in [5.41, 5.74) is 2.62. The van der Waals surface area contributed by atoms with E-state index in [0.717, 1.165) is 16.5 Å². The first-order valence-electron chi connectivity index (χ1n) is 8.52. The van der Waals surface area contributed by atoms with Crippen LogP contribution in [0.25, 0.3) is 10.9 Å². The number of ether oxygens (including phenoxy) is 2. The smallest absolute Gasteiger partial charge is 0.254 e. The van der Waals surface area contributed by atoms with Crippen molar-refractivity contribution in [3.05, 3.63) is 69.5 Å². The van der Waals surface area contributed by atoms with Crippen molar-refractivity contribution >= 4 is 16.8 Å². The van der Waals surface area contributed by atoms with Gasteiger partial charge < -0.3 is 19.4 Å². The normalized spacial score (nSPS) is 10.7. The van der Waals surface area contributed by atoms with Crippen LogP contribution in [0.3, 0.4) is 0 Å². The summed E-state index contributed by atoms with van der Waals surface area (Å²) >= 11 is 0. The van der Waals surface area contributed by atoms with E-state index in [0.29, 0.717) is 22.6 Å². The summed E-state index contributed by atoms with van der Waals surface area (Å²) in [6, 6.07) is 12.7. The van der Waals surface area contributed by atoms with E-state index in [1.165, 1.54) is 19.1 Å². The Balaban J connectivity index is 1.89. The number of nitrogens with one attached hydrogen (secondary N) is 1. The maximum absolute atomic E-state index is 12.8. The number of aryl methyl sites for hydroxylation is 1. The van der Waals surface area contributed by atoms with Gasteiger partial charge in [-0.2, -0.15) is 0 Å². The van der Waals surface area contributed by atoms with Crippen molar-refractivity contribution in [2.24, 2.45) is 0 Å². The second-order valence-electron chi connectivity index (χ2n) is 6.48. The van der Waals surface area contributed by atoms with Gasteiger partial charge in [0, 0.05) is 29.8 Å². The first-order valence-corrected chi connectivity index (χ1v) is 8.52. The average Bonchev–Trinajstić information content (AvgIpc) is 2.67. The third-order valence-corrected chi connectivity index (χ3v) is 4.43. The fourth-order valence-corrected chi connectivity index (χ4v) is 2.96. The van der Waals surface area contributed by atoms with E-state index in [2.05, 4.69) is 4.98 Å². The maximum atomic E-state index is 12.8. The number of amides is 1. The molecular formula is C21H22N2O4. The van der Waals surface area contributed by atoms with Crippen molar-refractivity contribution in [2.75, 3.05) is 21.3 Å². The van der Waals surface area contributed by atoms with Crippen LogP contribution < -0.4 is 15.0 Å². The molecule has 0 saturated carbocycles. The molecule has 0 spiro atoms. The molecule has 3 aromatic rings. The van der Waals surface area contributed by atoms with Crippen LogP contribution in [0.15, 0.2) is 47.3 Å². The molecule has 1 aromatic heterocycles. The van der Waals surface area contributed by atoms with Crippen molar-refractivity contribution < 1.29 is 14.3 Å². The number of pyridine rings is 1. The molecule has 6 heteroatoms. The predicted molar refractivity (Wildman–Crippen MR) is 105 cm³/mol. The third kappa shape index (κ3) is 3.95. The molecule has 6 nitrogen and oxygen atoms in total. The molecule has 0 aliphatic rings. The van der Waals surface area contributed by atoms with Gasteiger partial charge in [0.1, 0.15) is 11.5 Å². The van der Waals surface area contributed by atoms with E-state index in [1.54, 1.807) is 25.2 Å². The number of benzene rings is 2. The number of nitrogens with zero attached hydrogens (tertiary/aromatic N) is 1. The van der Waals surface area contributed by atoms with E-state index >= 15 is 0 Å². The van der Waals surface area contributed by atoms with Gasteiger partial charge >= 0.3 is 0 Å². The average molecular weight is 366 g/mol. The number of hydrogen-bond acceptors (Lipinski definition) is 4. The van der Waals surface area contributed by atoms with Crippen molar-refractivity contribution in [2.45, 2.75) is 13.5 Å². The van der Waals surface area contributed by atoms with Gasteiger partial charge in [-0.15, -0.1) is 0 Å². The Kier molecular flexibility index (Phi) is 5.16. The summed E-state index contributed by atoms with van der Waals surface area (Å²) in [7, 11) is 4.72. The molecular weight excluding hydrogens is 344 g/mol. The second-order valence-corrected chi connectivity index (χ2v) is 6.48. The summed E-state index contributed by atoms with van der Waals surface area (Å²) in [6.45, 7) is 2.16. The first kappa shape index (κ1) is 18.5. The fraction of sp³-hybridized carbons (Fsp3) is 0.238. The minimum Gasteiger partial charge on any atom is -0.497 e. The number of fused-ring (bicyclic) bond motifs is 1. The van der Waals surface area contributed by atoms with E-state index in [4.69, 9.17) is 9.47 Å². The molecule has 0 fully saturated rings. The van der Waals surface area contributed by atoms with Crippen molar-refractivity contribution in [1.29, 1.82) is 0 Å². The van der Waals surface area contributed by atoms with E-state index in [9.17, 15) is 9.59 Å². The molecule has 140 valence electrons. The molecule has 0 aliphatic carbocycles. The van der Waals surface area contributed by atoms with Crippen LogP contribution in [0, 0.1) is 6.92 Å². The standard InChI is InChI=1S/C21H22N2O4/c1-13-5-6-14-8-16(20(24)22-19(14)7-13)12-23(2)21(25)15-9-17(26-3)11-18(10-15)27-4/h5-11H,12H2,1-4H3,(H,22,24). The summed E-state index contributed by atoms with van der Waals surface area (Å²) in [4.78, 5) is 29.6. The van der Waals surface area contributed by atoms with Crippen molar-refractivity contribution in [3.8, 4) is 11.5 Å². The number of aromatic amines is 1. The van der Waals surface area contributed by atoms with Crippen LogP contribution in [0.1, 0.15) is 21.5 Å². The van der Waals surface area contributed by atoms with Crippen LogP contribution in [-0.2, 0) is 6.54 Å². The number of carbonyl (C=O) groups is 1. The molecule has 0 bridgehead atoms. The topological polar surface area (TPSA) is 71.6 Å². The van der Waals surface area contributed by atoms with Crippen LogP contribution >= 0.6 is 0 Å². The van der Waals surface area contributed by atoms with E-state index < -0.39 is 0 Å². The summed E-state index contributed by atoms with van der Waals surface area (Å²) < 4.78 is 10.4. The monoisotopic (exact) mass is 366 g/mol. The molecule has 1 amide bonds. The summed E-state index contributed by atoms with van der Waals surface area (Å²) in [5.74, 6) is 0.839. The molecule has 1 heterocycles. The first-order chi connectivity index (χ1) is 12.9. The SMILES string of the molecule is COc1cc(OC)cc(C(=O)N(C)Cc2cc3ccc(C)cc3[nH]c2=O)c1. The largest absolute Gasteiger partial charge is 0.497 e. The number of carbonyl (C=O) groups excluding carboxylic acids is 1. The molecule has 0 atom stereocenters. The zero-order chi connectivity index (χ0) is 19.6. The molecule has 3 rings (SSSR count). The minimum absolute atomic E-state index is 0.192. The number of H-pyrrole nitrogens is 1. The maximum Gasteiger partial charge on any atom is 0.254 e. The van der Waals surface area contributed by atoms with Gasteiger partial charge in [0.15, 0.2) is 0 Å². The van der Waals surface area contributed by atoms with Crippen LogP contribution in [-0.4, -0.2) is 37.1 Å². The quantitative estimate of drug-likeness (QED) is 0.753. The van der Waals surface area contributed by atoms with Crippen LogP contribution in [0.2, 0.25) is 0 Å². The van der Waals surface area contributed by atoms with Gasteiger partial charge in [0.25, 0.3) is 11.5 Å². The summed E-state index contributed by atoms with van der Waals surface area (Å²) in [6.07, 6.45) is 0. The van der Waals surface area contributed by atoms with E-state index in [1.807, 2.05) is 31.2 Å². The molecule has 1 N–H and O–H groups in total. The van der Waals surface area contributed by atoms with Crippen molar-refractivity contribution in [3.63, 3.8) is 0 Å². The van der Waals surface area contributed by atoms with Gasteiger partial charge in [-0.25, -0.2) is 0 Å². The third-order valence-electron chi connectivity index (χ3n) is 4.43. The molecule has 0 saturated heterocycles. The Bertz CT molecular complexity index is 1030. The Morgan fingerprint density at radius 1 is 1.04 bits per heavy atom. The lowest BCUT2D eigenvalue weighted by atomic mass is 10.1. The number of rotatable bonds is 5. The Labute approximate surface area is 157 Å². The highest BCUT2D eigenvalue weighted by Gasteiger charge is 2.16. The number of aromatic nitrogens is 1. The molecule has 0 radical (unpaired) electrons. The highest BCUT2D eigenvalue weighted by atomic mass is 16.5. The lowest BCUT2D eigenvalue weighted by Gasteiger charge is -2.18. The number of hydrogen-bond donors (Lipinski definition) is 1. The van der Waals surface area contributed by atoms with Gasteiger partial charge in [0.05, 0.1) is 20.8 Å². The highest BCUT2D eigenvalue weighted by molar-refractivity contribution is 5.95. The second kappa shape index (κ2) is 7.53.